The molecule has 16 heavy (non-hydrogen) atoms. The molecule has 0 radical (unpaired) electrons. The summed E-state index contributed by atoms with van der Waals surface area (Å²) in [6, 6.07) is 0. The molecule has 0 aliphatic heterocycles. The molecule has 1 aliphatic rings. The maximum atomic E-state index is 11.8. The van der Waals surface area contributed by atoms with Crippen molar-refractivity contribution >= 4 is 5.97 Å². The molecule has 0 aromatic heterocycles. The van der Waals surface area contributed by atoms with Crippen molar-refractivity contribution in [3.8, 4) is 0 Å². The first-order chi connectivity index (χ1) is 7.30. The number of ether oxygens (including phenoxy) is 1. The van der Waals surface area contributed by atoms with Crippen molar-refractivity contribution in [2.75, 3.05) is 20.6 Å². The van der Waals surface area contributed by atoms with Crippen molar-refractivity contribution in [2.24, 2.45) is 11.3 Å². The summed E-state index contributed by atoms with van der Waals surface area (Å²) in [5, 5.41) is 0. The van der Waals surface area contributed by atoms with E-state index >= 15 is 0 Å². The lowest BCUT2D eigenvalue weighted by Gasteiger charge is -2.26. The topological polar surface area (TPSA) is 29.5 Å². The Labute approximate surface area is 99.1 Å². The summed E-state index contributed by atoms with van der Waals surface area (Å²) in [5.41, 5.74) is -0.384. The minimum Gasteiger partial charge on any atom is -0.462 e. The molecule has 3 heteroatoms. The van der Waals surface area contributed by atoms with Gasteiger partial charge in [0.05, 0.1) is 5.41 Å². The third kappa shape index (κ3) is 3.78. The zero-order chi connectivity index (χ0) is 12.3. The van der Waals surface area contributed by atoms with Crippen molar-refractivity contribution in [2.45, 2.75) is 46.1 Å². The number of rotatable bonds is 3. The Hall–Kier alpha value is -0.570. The number of hydrogen-bond donors (Lipinski definition) is 0. The molecule has 3 nitrogen and oxygen atoms in total. The Kier molecular flexibility index (Phi) is 4.36. The number of carbonyl (C=O) groups excluding carboxylic acids is 1. The summed E-state index contributed by atoms with van der Waals surface area (Å²) in [7, 11) is 4.14. The molecule has 2 atom stereocenters. The number of esters is 1. The average Bonchev–Trinajstić information content (AvgIpc) is 2.50. The number of carbonyl (C=O) groups is 1. The van der Waals surface area contributed by atoms with Crippen molar-refractivity contribution in [3.63, 3.8) is 0 Å². The predicted octanol–water partition coefficient (Wildman–Crippen LogP) is 2.31. The van der Waals surface area contributed by atoms with Crippen molar-refractivity contribution < 1.29 is 9.53 Å². The Bertz CT molecular complexity index is 243. The molecule has 0 aromatic carbocycles. The van der Waals surface area contributed by atoms with Crippen LogP contribution < -0.4 is 0 Å². The van der Waals surface area contributed by atoms with E-state index in [1.54, 1.807) is 0 Å². The van der Waals surface area contributed by atoms with E-state index in [2.05, 4.69) is 19.0 Å². The minimum atomic E-state index is -0.384. The summed E-state index contributed by atoms with van der Waals surface area (Å²) >= 11 is 0. The van der Waals surface area contributed by atoms with Crippen LogP contribution in [-0.2, 0) is 9.53 Å². The Morgan fingerprint density at radius 3 is 2.44 bits per heavy atom. The summed E-state index contributed by atoms with van der Waals surface area (Å²) in [6.07, 6.45) is 3.52. The van der Waals surface area contributed by atoms with Gasteiger partial charge in [-0.05, 0) is 54.1 Å². The zero-order valence-electron chi connectivity index (χ0n) is 11.2. The fourth-order valence-corrected chi connectivity index (χ4v) is 2.15. The van der Waals surface area contributed by atoms with Crippen LogP contribution in [0, 0.1) is 11.3 Å². The molecule has 0 amide bonds. The molecule has 0 saturated heterocycles. The van der Waals surface area contributed by atoms with E-state index in [0.29, 0.717) is 5.92 Å². The van der Waals surface area contributed by atoms with Crippen LogP contribution in [0.5, 0.6) is 0 Å². The van der Waals surface area contributed by atoms with E-state index in [4.69, 9.17) is 4.74 Å². The quantitative estimate of drug-likeness (QED) is 0.693. The lowest BCUT2D eigenvalue weighted by molar-refractivity contribution is -0.160. The van der Waals surface area contributed by atoms with Gasteiger partial charge in [-0.1, -0.05) is 0 Å². The van der Waals surface area contributed by atoms with E-state index in [9.17, 15) is 4.79 Å². The van der Waals surface area contributed by atoms with Gasteiger partial charge in [-0.2, -0.15) is 0 Å². The van der Waals surface area contributed by atoms with Crippen LogP contribution in [0.25, 0.3) is 0 Å². The van der Waals surface area contributed by atoms with Crippen LogP contribution in [0.2, 0.25) is 0 Å². The highest BCUT2D eigenvalue weighted by Crippen LogP contribution is 2.30. The molecular formula is C13H25NO2. The van der Waals surface area contributed by atoms with Gasteiger partial charge in [0.2, 0.25) is 0 Å². The monoisotopic (exact) mass is 227 g/mol. The lowest BCUT2D eigenvalue weighted by atomic mass is 9.97. The van der Waals surface area contributed by atoms with Gasteiger partial charge >= 0.3 is 5.97 Å². The molecule has 0 unspecified atom stereocenters. The van der Waals surface area contributed by atoms with E-state index in [-0.39, 0.29) is 17.5 Å². The minimum absolute atomic E-state index is 0.0665. The standard InChI is InChI=1S/C13H25NO2/c1-13(2,3)12(15)16-11-8-6-7-10(11)9-14(4)5/h10-11H,6-9H2,1-5H3/t10-,11-/m1/s1. The van der Waals surface area contributed by atoms with Gasteiger partial charge in [-0.15, -0.1) is 0 Å². The van der Waals surface area contributed by atoms with E-state index < -0.39 is 0 Å². The third-order valence-electron chi connectivity index (χ3n) is 3.06. The zero-order valence-corrected chi connectivity index (χ0v) is 11.2. The second-order valence-corrected chi connectivity index (χ2v) is 6.15. The van der Waals surface area contributed by atoms with Crippen molar-refractivity contribution in [1.82, 2.24) is 4.90 Å². The molecule has 0 bridgehead atoms. The highest BCUT2D eigenvalue weighted by Gasteiger charge is 2.33. The molecule has 0 spiro atoms. The molecular weight excluding hydrogens is 202 g/mol. The van der Waals surface area contributed by atoms with Crippen LogP contribution in [0.4, 0.5) is 0 Å². The maximum absolute atomic E-state index is 11.8. The van der Waals surface area contributed by atoms with E-state index in [1.165, 1.54) is 12.8 Å². The molecule has 1 aliphatic carbocycles. The van der Waals surface area contributed by atoms with Crippen molar-refractivity contribution in [3.05, 3.63) is 0 Å². The second kappa shape index (κ2) is 5.17. The smallest absolute Gasteiger partial charge is 0.311 e. The normalized spacial score (nSPS) is 26.1. The van der Waals surface area contributed by atoms with Gasteiger partial charge in [-0.25, -0.2) is 0 Å². The van der Waals surface area contributed by atoms with Crippen LogP contribution >= 0.6 is 0 Å². The Morgan fingerprint density at radius 2 is 1.94 bits per heavy atom. The summed E-state index contributed by atoms with van der Waals surface area (Å²) in [6.45, 7) is 6.74. The van der Waals surface area contributed by atoms with Gasteiger partial charge in [0.25, 0.3) is 0 Å². The summed E-state index contributed by atoms with van der Waals surface area (Å²) < 4.78 is 5.62. The lowest BCUT2D eigenvalue weighted by Crippen LogP contribution is -2.34. The fraction of sp³-hybridized carbons (Fsp3) is 0.923. The predicted molar refractivity (Wildman–Crippen MR) is 65.2 cm³/mol. The summed E-state index contributed by atoms with van der Waals surface area (Å²) in [5.74, 6) is 0.449. The molecule has 0 N–H and O–H groups in total. The fourth-order valence-electron chi connectivity index (χ4n) is 2.15. The van der Waals surface area contributed by atoms with E-state index in [0.717, 1.165) is 13.0 Å². The molecule has 0 aromatic rings. The third-order valence-corrected chi connectivity index (χ3v) is 3.06. The summed E-state index contributed by atoms with van der Waals surface area (Å²) in [4.78, 5) is 14.0. The maximum Gasteiger partial charge on any atom is 0.311 e. The molecule has 1 fully saturated rings. The Morgan fingerprint density at radius 1 is 1.31 bits per heavy atom. The Balaban J connectivity index is 2.50. The van der Waals surface area contributed by atoms with Crippen LogP contribution in [0.1, 0.15) is 40.0 Å². The molecule has 1 saturated carbocycles. The highest BCUT2D eigenvalue weighted by molar-refractivity contribution is 5.75. The second-order valence-electron chi connectivity index (χ2n) is 6.15. The number of nitrogens with zero attached hydrogens (tertiary/aromatic N) is 1. The first kappa shape index (κ1) is 13.5. The van der Waals surface area contributed by atoms with Gasteiger partial charge in [0.1, 0.15) is 6.10 Å². The van der Waals surface area contributed by atoms with E-state index in [1.807, 2.05) is 20.8 Å². The first-order valence-electron chi connectivity index (χ1n) is 6.16. The van der Waals surface area contributed by atoms with Gasteiger partial charge in [-0.3, -0.25) is 4.79 Å². The van der Waals surface area contributed by atoms with Gasteiger partial charge < -0.3 is 9.64 Å². The van der Waals surface area contributed by atoms with Crippen LogP contribution in [-0.4, -0.2) is 37.6 Å². The molecule has 1 rings (SSSR count). The van der Waals surface area contributed by atoms with Gasteiger partial charge in [0, 0.05) is 12.5 Å². The molecule has 0 heterocycles. The average molecular weight is 227 g/mol. The highest BCUT2D eigenvalue weighted by atomic mass is 16.5. The number of hydrogen-bond acceptors (Lipinski definition) is 3. The largest absolute Gasteiger partial charge is 0.462 e. The van der Waals surface area contributed by atoms with Crippen LogP contribution in [0.15, 0.2) is 0 Å². The SMILES string of the molecule is CN(C)C[C@H]1CCC[C@H]1OC(=O)C(C)(C)C. The molecule has 94 valence electrons. The first-order valence-corrected chi connectivity index (χ1v) is 6.16. The van der Waals surface area contributed by atoms with Gasteiger partial charge in [0.15, 0.2) is 0 Å². The van der Waals surface area contributed by atoms with Crippen molar-refractivity contribution in [1.29, 1.82) is 0 Å². The van der Waals surface area contributed by atoms with Crippen LogP contribution in [0.3, 0.4) is 0 Å².